The van der Waals surface area contributed by atoms with Crippen LogP contribution in [0.15, 0.2) is 9.52 Å². The van der Waals surface area contributed by atoms with E-state index < -0.39 is 0 Å². The number of nitrogens with one attached hydrogen (secondary N) is 1. The SMILES string of the molecule is Cc1noc(C)c1CCCN=C(N)NCCCN1CCOCC1.I. The van der Waals surface area contributed by atoms with E-state index in [2.05, 4.69) is 20.4 Å². The Labute approximate surface area is 161 Å². The number of halogens is 1. The topological polar surface area (TPSA) is 88.9 Å². The third-order valence-corrected chi connectivity index (χ3v) is 4.11. The normalized spacial score (nSPS) is 16.0. The third-order valence-electron chi connectivity index (χ3n) is 4.11. The Hall–Kier alpha value is -0.870. The molecular formula is C16H30IN5O2. The maximum absolute atomic E-state index is 5.89. The van der Waals surface area contributed by atoms with E-state index in [1.165, 1.54) is 5.56 Å². The first-order valence-corrected chi connectivity index (χ1v) is 8.42. The predicted molar refractivity (Wildman–Crippen MR) is 106 cm³/mol. The van der Waals surface area contributed by atoms with Crippen molar-refractivity contribution in [3.8, 4) is 0 Å². The van der Waals surface area contributed by atoms with E-state index in [1.54, 1.807) is 0 Å². The van der Waals surface area contributed by atoms with Crippen LogP contribution in [-0.4, -0.2) is 62.0 Å². The van der Waals surface area contributed by atoms with Crippen LogP contribution in [0.5, 0.6) is 0 Å². The highest BCUT2D eigenvalue weighted by molar-refractivity contribution is 14.0. The number of ether oxygens (including phenoxy) is 1. The molecule has 1 aromatic heterocycles. The molecule has 8 heteroatoms. The minimum absolute atomic E-state index is 0. The summed E-state index contributed by atoms with van der Waals surface area (Å²) in [6, 6.07) is 0. The van der Waals surface area contributed by atoms with Gasteiger partial charge in [-0.25, -0.2) is 0 Å². The summed E-state index contributed by atoms with van der Waals surface area (Å²) in [5.74, 6) is 1.44. The summed E-state index contributed by atoms with van der Waals surface area (Å²) < 4.78 is 10.5. The van der Waals surface area contributed by atoms with Gasteiger partial charge in [-0.2, -0.15) is 0 Å². The molecule has 1 aliphatic rings. The number of morpholine rings is 1. The van der Waals surface area contributed by atoms with Gasteiger partial charge in [-0.15, -0.1) is 24.0 Å². The largest absolute Gasteiger partial charge is 0.379 e. The molecule has 0 spiro atoms. The van der Waals surface area contributed by atoms with Crippen LogP contribution >= 0.6 is 24.0 Å². The van der Waals surface area contributed by atoms with Crippen molar-refractivity contribution in [1.82, 2.24) is 15.4 Å². The van der Waals surface area contributed by atoms with Crippen molar-refractivity contribution < 1.29 is 9.26 Å². The molecule has 3 N–H and O–H groups in total. The lowest BCUT2D eigenvalue weighted by atomic mass is 10.1. The minimum atomic E-state index is 0. The van der Waals surface area contributed by atoms with E-state index in [-0.39, 0.29) is 24.0 Å². The van der Waals surface area contributed by atoms with Gasteiger partial charge in [0.05, 0.1) is 18.9 Å². The Morgan fingerprint density at radius 2 is 2.04 bits per heavy atom. The van der Waals surface area contributed by atoms with Gasteiger partial charge in [-0.1, -0.05) is 5.16 Å². The Kier molecular flexibility index (Phi) is 10.3. The first kappa shape index (κ1) is 21.2. The Bertz CT molecular complexity index is 481. The van der Waals surface area contributed by atoms with Gasteiger partial charge >= 0.3 is 0 Å². The molecular weight excluding hydrogens is 421 g/mol. The van der Waals surface area contributed by atoms with E-state index in [1.807, 2.05) is 13.8 Å². The second kappa shape index (κ2) is 11.6. The van der Waals surface area contributed by atoms with E-state index in [4.69, 9.17) is 15.0 Å². The first-order chi connectivity index (χ1) is 11.2. The number of aliphatic imine (C=N–C) groups is 1. The van der Waals surface area contributed by atoms with Gasteiger partial charge in [-0.05, 0) is 39.7 Å². The highest BCUT2D eigenvalue weighted by atomic mass is 127. The lowest BCUT2D eigenvalue weighted by Gasteiger charge is -2.26. The minimum Gasteiger partial charge on any atom is -0.379 e. The highest BCUT2D eigenvalue weighted by Crippen LogP contribution is 2.14. The summed E-state index contributed by atoms with van der Waals surface area (Å²) in [4.78, 5) is 6.78. The lowest BCUT2D eigenvalue weighted by molar-refractivity contribution is 0.0376. The average molecular weight is 451 g/mol. The zero-order valence-electron chi connectivity index (χ0n) is 14.7. The van der Waals surface area contributed by atoms with Crippen LogP contribution in [0, 0.1) is 13.8 Å². The van der Waals surface area contributed by atoms with Gasteiger partial charge in [-0.3, -0.25) is 9.89 Å². The summed E-state index contributed by atoms with van der Waals surface area (Å²) in [5.41, 5.74) is 8.05. The molecule has 0 saturated carbocycles. The highest BCUT2D eigenvalue weighted by Gasteiger charge is 2.09. The molecule has 0 aliphatic carbocycles. The molecule has 1 aromatic rings. The summed E-state index contributed by atoms with van der Waals surface area (Å²) in [6.07, 6.45) is 2.93. The average Bonchev–Trinajstić information content (AvgIpc) is 2.88. The molecule has 0 bridgehead atoms. The summed E-state index contributed by atoms with van der Waals surface area (Å²) >= 11 is 0. The number of rotatable bonds is 8. The molecule has 0 unspecified atom stereocenters. The lowest BCUT2D eigenvalue weighted by Crippen LogP contribution is -2.39. The van der Waals surface area contributed by atoms with Crippen molar-refractivity contribution in [2.45, 2.75) is 33.1 Å². The zero-order valence-corrected chi connectivity index (χ0v) is 17.0. The van der Waals surface area contributed by atoms with Crippen molar-refractivity contribution in [2.75, 3.05) is 45.9 Å². The van der Waals surface area contributed by atoms with E-state index >= 15 is 0 Å². The molecule has 7 nitrogen and oxygen atoms in total. The van der Waals surface area contributed by atoms with Gasteiger partial charge in [0.25, 0.3) is 0 Å². The van der Waals surface area contributed by atoms with Crippen molar-refractivity contribution in [3.63, 3.8) is 0 Å². The van der Waals surface area contributed by atoms with Gasteiger partial charge in [0, 0.05) is 31.7 Å². The number of aryl methyl sites for hydroxylation is 2. The molecule has 0 aromatic carbocycles. The smallest absolute Gasteiger partial charge is 0.188 e. The molecule has 2 heterocycles. The van der Waals surface area contributed by atoms with Crippen molar-refractivity contribution >= 4 is 29.9 Å². The van der Waals surface area contributed by atoms with Crippen molar-refractivity contribution in [3.05, 3.63) is 17.0 Å². The Morgan fingerprint density at radius 3 is 2.71 bits per heavy atom. The fourth-order valence-corrected chi connectivity index (χ4v) is 2.71. The molecule has 0 radical (unpaired) electrons. The van der Waals surface area contributed by atoms with E-state index in [9.17, 15) is 0 Å². The number of hydrogen-bond donors (Lipinski definition) is 2. The van der Waals surface area contributed by atoms with Gasteiger partial charge in [0.2, 0.25) is 0 Å². The number of nitrogens with two attached hydrogens (primary N) is 1. The van der Waals surface area contributed by atoms with E-state index in [0.29, 0.717) is 12.5 Å². The van der Waals surface area contributed by atoms with Crippen LogP contribution in [0.2, 0.25) is 0 Å². The van der Waals surface area contributed by atoms with Crippen LogP contribution in [0.3, 0.4) is 0 Å². The molecule has 1 fully saturated rings. The summed E-state index contributed by atoms with van der Waals surface area (Å²) in [6.45, 7) is 10.3. The van der Waals surface area contributed by atoms with Crippen molar-refractivity contribution in [2.24, 2.45) is 10.7 Å². The number of nitrogens with zero attached hydrogens (tertiary/aromatic N) is 3. The molecule has 0 amide bonds. The Balaban J connectivity index is 0.00000288. The fraction of sp³-hybridized carbons (Fsp3) is 0.750. The van der Waals surface area contributed by atoms with Gasteiger partial charge in [0.15, 0.2) is 5.96 Å². The second-order valence-electron chi connectivity index (χ2n) is 5.91. The molecule has 24 heavy (non-hydrogen) atoms. The quantitative estimate of drug-likeness (QED) is 0.269. The monoisotopic (exact) mass is 451 g/mol. The van der Waals surface area contributed by atoms with Crippen LogP contribution < -0.4 is 11.1 Å². The van der Waals surface area contributed by atoms with Crippen LogP contribution in [0.4, 0.5) is 0 Å². The standard InChI is InChI=1S/C16H29N5O2.HI/c1-13-15(14(2)23-20-13)5-3-6-18-16(17)19-7-4-8-21-9-11-22-12-10-21;/h3-12H2,1-2H3,(H3,17,18,19);1H. The molecule has 1 saturated heterocycles. The predicted octanol–water partition coefficient (Wildman–Crippen LogP) is 1.47. The van der Waals surface area contributed by atoms with Crippen molar-refractivity contribution in [1.29, 1.82) is 0 Å². The maximum Gasteiger partial charge on any atom is 0.188 e. The van der Waals surface area contributed by atoms with E-state index in [0.717, 1.165) is 70.1 Å². The second-order valence-corrected chi connectivity index (χ2v) is 5.91. The third kappa shape index (κ3) is 7.35. The summed E-state index contributed by atoms with van der Waals surface area (Å²) in [5, 5.41) is 7.14. The number of guanidine groups is 1. The van der Waals surface area contributed by atoms with Crippen LogP contribution in [0.25, 0.3) is 0 Å². The number of aromatic nitrogens is 1. The zero-order chi connectivity index (χ0) is 16.5. The number of hydrogen-bond acceptors (Lipinski definition) is 5. The molecule has 2 rings (SSSR count). The van der Waals surface area contributed by atoms with Crippen LogP contribution in [-0.2, 0) is 11.2 Å². The molecule has 1 aliphatic heterocycles. The van der Waals surface area contributed by atoms with Crippen LogP contribution in [0.1, 0.15) is 29.9 Å². The Morgan fingerprint density at radius 1 is 1.29 bits per heavy atom. The molecule has 0 atom stereocenters. The maximum atomic E-state index is 5.89. The first-order valence-electron chi connectivity index (χ1n) is 8.42. The summed E-state index contributed by atoms with van der Waals surface area (Å²) in [7, 11) is 0. The molecule has 138 valence electrons. The fourth-order valence-electron chi connectivity index (χ4n) is 2.71. The van der Waals surface area contributed by atoms with Gasteiger partial charge in [0.1, 0.15) is 5.76 Å². The van der Waals surface area contributed by atoms with Gasteiger partial charge < -0.3 is 20.3 Å².